The molecule has 2 N–H and O–H groups in total. The van der Waals surface area contributed by atoms with Gasteiger partial charge in [-0.05, 0) is 66.4 Å². The highest BCUT2D eigenvalue weighted by molar-refractivity contribution is 7.14. The summed E-state index contributed by atoms with van der Waals surface area (Å²) in [4.78, 5) is 17.6. The summed E-state index contributed by atoms with van der Waals surface area (Å²) in [5, 5.41) is 24.2. The molecule has 2 aromatic heterocycles. The second-order valence-electron chi connectivity index (χ2n) is 9.13. The van der Waals surface area contributed by atoms with Crippen molar-refractivity contribution in [3.8, 4) is 10.6 Å². The van der Waals surface area contributed by atoms with Crippen LogP contribution in [0.2, 0.25) is 5.15 Å². The Morgan fingerprint density at radius 3 is 2.50 bits per heavy atom. The van der Waals surface area contributed by atoms with E-state index in [1.807, 2.05) is 26.8 Å². The van der Waals surface area contributed by atoms with Crippen molar-refractivity contribution >= 4 is 34.7 Å². The van der Waals surface area contributed by atoms with Gasteiger partial charge in [-0.2, -0.15) is 0 Å². The number of aromatic nitrogens is 3. The number of hydrogen-bond donors (Lipinski definition) is 2. The molecule has 0 bridgehead atoms. The summed E-state index contributed by atoms with van der Waals surface area (Å²) in [6, 6.07) is 2.12. The second-order valence-corrected chi connectivity index (χ2v) is 10.5. The second kappa shape index (κ2) is 9.06. The van der Waals surface area contributed by atoms with Crippen LogP contribution in [0.1, 0.15) is 71.2 Å². The molecule has 1 saturated carbocycles. The average molecular weight is 452 g/mol. The fourth-order valence-corrected chi connectivity index (χ4v) is 5.31. The van der Waals surface area contributed by atoms with E-state index in [1.54, 1.807) is 22.4 Å². The monoisotopic (exact) mass is 451 g/mol. The Morgan fingerprint density at radius 2 is 1.93 bits per heavy atom. The Morgan fingerprint density at radius 1 is 1.27 bits per heavy atom. The number of amides is 1. The van der Waals surface area contributed by atoms with Crippen LogP contribution < -0.4 is 5.32 Å². The summed E-state index contributed by atoms with van der Waals surface area (Å²) in [5.74, 6) is 0.310. The minimum atomic E-state index is -0.843. The summed E-state index contributed by atoms with van der Waals surface area (Å²) in [7, 11) is 0. The van der Waals surface area contributed by atoms with Gasteiger partial charge in [-0.3, -0.25) is 0 Å². The van der Waals surface area contributed by atoms with Crippen LogP contribution in [0.4, 0.5) is 10.5 Å². The molecular weight excluding hydrogens is 422 g/mol. The van der Waals surface area contributed by atoms with Crippen molar-refractivity contribution in [1.29, 1.82) is 0 Å². The molecule has 1 aliphatic rings. The van der Waals surface area contributed by atoms with Crippen LogP contribution in [0.3, 0.4) is 0 Å². The Kier molecular flexibility index (Phi) is 6.87. The number of nitrogens with zero attached hydrogens (tertiary/aromatic N) is 4. The normalized spacial score (nSPS) is 19.7. The molecule has 3 rings (SSSR count). The molecule has 30 heavy (non-hydrogen) atoms. The van der Waals surface area contributed by atoms with Gasteiger partial charge in [0.2, 0.25) is 0 Å². The number of rotatable bonds is 5. The zero-order valence-corrected chi connectivity index (χ0v) is 19.7. The van der Waals surface area contributed by atoms with Crippen molar-refractivity contribution in [1.82, 2.24) is 20.1 Å². The van der Waals surface area contributed by atoms with Gasteiger partial charge in [0, 0.05) is 35.4 Å². The summed E-state index contributed by atoms with van der Waals surface area (Å²) in [6.45, 7) is 9.99. The molecule has 2 heterocycles. The van der Waals surface area contributed by atoms with Crippen molar-refractivity contribution in [2.24, 2.45) is 0 Å². The largest absolute Gasteiger partial charge is 0.465 e. The minimum Gasteiger partial charge on any atom is -0.465 e. The van der Waals surface area contributed by atoms with E-state index in [0.29, 0.717) is 11.1 Å². The quantitative estimate of drug-likeness (QED) is 0.551. The first-order valence-corrected chi connectivity index (χ1v) is 11.5. The average Bonchev–Trinajstić information content (AvgIpc) is 3.10. The highest BCUT2D eigenvalue weighted by atomic mass is 35.5. The molecule has 1 amide bonds. The number of halogens is 1. The number of carbonyl (C=O) groups is 1. The van der Waals surface area contributed by atoms with Crippen molar-refractivity contribution in [3.63, 3.8) is 0 Å². The molecular formula is C21H30ClN5O2S. The third kappa shape index (κ3) is 5.21. The maximum atomic E-state index is 11.8. The van der Waals surface area contributed by atoms with Gasteiger partial charge in [0.25, 0.3) is 0 Å². The van der Waals surface area contributed by atoms with E-state index in [0.717, 1.165) is 46.9 Å². The predicted molar refractivity (Wildman–Crippen MR) is 122 cm³/mol. The van der Waals surface area contributed by atoms with Crippen LogP contribution in [-0.4, -0.2) is 48.9 Å². The van der Waals surface area contributed by atoms with Crippen molar-refractivity contribution in [3.05, 3.63) is 22.4 Å². The van der Waals surface area contributed by atoms with Crippen LogP contribution in [0.15, 0.2) is 12.3 Å². The fraction of sp³-hybridized carbons (Fsp3) is 0.619. The van der Waals surface area contributed by atoms with Gasteiger partial charge in [0.15, 0.2) is 5.01 Å². The van der Waals surface area contributed by atoms with Crippen molar-refractivity contribution < 1.29 is 9.90 Å². The lowest BCUT2D eigenvalue weighted by Gasteiger charge is -2.42. The highest BCUT2D eigenvalue weighted by Gasteiger charge is 2.36. The third-order valence-electron chi connectivity index (χ3n) is 5.33. The number of anilines is 1. The number of hydrogen-bond acceptors (Lipinski definition) is 6. The van der Waals surface area contributed by atoms with E-state index < -0.39 is 11.6 Å². The molecule has 0 aliphatic heterocycles. The van der Waals surface area contributed by atoms with Gasteiger partial charge in [-0.1, -0.05) is 22.9 Å². The SMILES string of the molecule is CC(C)Nc1cc(Cl)ncc1-c1nnc(C2CCC(N(C(=O)O)C(C)(C)C)CC2)s1. The van der Waals surface area contributed by atoms with Gasteiger partial charge >= 0.3 is 6.09 Å². The minimum absolute atomic E-state index is 0.0495. The molecule has 164 valence electrons. The van der Waals surface area contributed by atoms with Gasteiger partial charge < -0.3 is 15.3 Å². The topological polar surface area (TPSA) is 91.2 Å². The van der Waals surface area contributed by atoms with Gasteiger partial charge in [-0.25, -0.2) is 9.78 Å². The van der Waals surface area contributed by atoms with Crippen LogP contribution in [0, 0.1) is 0 Å². The van der Waals surface area contributed by atoms with Crippen LogP contribution in [0.25, 0.3) is 10.6 Å². The summed E-state index contributed by atoms with van der Waals surface area (Å²) < 4.78 is 0. The number of nitrogens with one attached hydrogen (secondary N) is 1. The fourth-order valence-electron chi connectivity index (χ4n) is 4.11. The highest BCUT2D eigenvalue weighted by Crippen LogP contribution is 2.40. The third-order valence-corrected chi connectivity index (χ3v) is 6.65. The molecule has 0 radical (unpaired) electrons. The standard InChI is InChI=1S/C21H30ClN5O2S/c1-12(2)24-16-10-17(22)23-11-15(16)19-26-25-18(30-19)13-6-8-14(9-7-13)27(20(28)29)21(3,4)5/h10-14H,6-9H2,1-5H3,(H,23,24)(H,28,29). The lowest BCUT2D eigenvalue weighted by atomic mass is 9.84. The Bertz CT molecular complexity index is 888. The van der Waals surface area contributed by atoms with Crippen LogP contribution in [-0.2, 0) is 0 Å². The first kappa shape index (κ1) is 22.7. The zero-order chi connectivity index (χ0) is 22.1. The van der Waals surface area contributed by atoms with Crippen LogP contribution >= 0.6 is 22.9 Å². The van der Waals surface area contributed by atoms with Gasteiger partial charge in [-0.15, -0.1) is 10.2 Å². The maximum Gasteiger partial charge on any atom is 0.407 e. The molecule has 0 saturated heterocycles. The molecule has 1 fully saturated rings. The number of pyridine rings is 1. The van der Waals surface area contributed by atoms with E-state index >= 15 is 0 Å². The smallest absolute Gasteiger partial charge is 0.407 e. The summed E-state index contributed by atoms with van der Waals surface area (Å²) in [5.41, 5.74) is 1.40. The molecule has 9 heteroatoms. The van der Waals surface area contributed by atoms with E-state index in [9.17, 15) is 9.90 Å². The van der Waals surface area contributed by atoms with E-state index in [4.69, 9.17) is 11.6 Å². The Hall–Kier alpha value is -1.93. The van der Waals surface area contributed by atoms with E-state index in [1.165, 1.54) is 0 Å². The molecule has 2 aromatic rings. The van der Waals surface area contributed by atoms with E-state index in [-0.39, 0.29) is 12.1 Å². The molecule has 0 unspecified atom stereocenters. The van der Waals surface area contributed by atoms with Crippen LogP contribution in [0.5, 0.6) is 0 Å². The molecule has 0 atom stereocenters. The first-order chi connectivity index (χ1) is 14.1. The van der Waals surface area contributed by atoms with Gasteiger partial charge in [0.1, 0.15) is 10.2 Å². The zero-order valence-electron chi connectivity index (χ0n) is 18.1. The number of carboxylic acid groups (broad SMARTS) is 1. The lowest BCUT2D eigenvalue weighted by molar-refractivity contribution is 0.0546. The predicted octanol–water partition coefficient (Wildman–Crippen LogP) is 5.88. The summed E-state index contributed by atoms with van der Waals surface area (Å²) >= 11 is 7.66. The Balaban J connectivity index is 1.74. The summed E-state index contributed by atoms with van der Waals surface area (Å²) in [6.07, 6.45) is 4.40. The first-order valence-electron chi connectivity index (χ1n) is 10.3. The van der Waals surface area contributed by atoms with Gasteiger partial charge in [0.05, 0.1) is 5.56 Å². The molecule has 7 nitrogen and oxygen atoms in total. The van der Waals surface area contributed by atoms with Crippen molar-refractivity contribution in [2.75, 3.05) is 5.32 Å². The van der Waals surface area contributed by atoms with Crippen molar-refractivity contribution in [2.45, 2.75) is 83.8 Å². The van der Waals surface area contributed by atoms with E-state index in [2.05, 4.69) is 34.3 Å². The lowest BCUT2D eigenvalue weighted by Crippen LogP contribution is -2.52. The molecule has 1 aliphatic carbocycles. The Labute approximate surface area is 186 Å². The molecule has 0 spiro atoms. The maximum absolute atomic E-state index is 11.8. The molecule has 0 aromatic carbocycles.